The number of benzene rings is 1. The van der Waals surface area contributed by atoms with Gasteiger partial charge >= 0.3 is 0 Å². The van der Waals surface area contributed by atoms with Gasteiger partial charge in [0.15, 0.2) is 0 Å². The van der Waals surface area contributed by atoms with Crippen LogP contribution in [0.5, 0.6) is 0 Å². The highest BCUT2D eigenvalue weighted by atomic mass is 16.2. The molecule has 1 heterocycles. The molecule has 0 atom stereocenters. The fourth-order valence-corrected chi connectivity index (χ4v) is 3.18. The zero-order valence-electron chi connectivity index (χ0n) is 14.9. The fraction of sp³-hybridized carbons (Fsp3) is 0.500. The number of amides is 2. The zero-order chi connectivity index (χ0) is 17.6. The molecule has 0 unspecified atom stereocenters. The van der Waals surface area contributed by atoms with E-state index in [4.69, 9.17) is 0 Å². The van der Waals surface area contributed by atoms with Crippen molar-refractivity contribution in [3.63, 3.8) is 0 Å². The predicted molar refractivity (Wildman–Crippen MR) is 99.2 cm³/mol. The van der Waals surface area contributed by atoms with Crippen molar-refractivity contribution in [1.82, 2.24) is 15.1 Å². The molecule has 0 bridgehead atoms. The second-order valence-electron chi connectivity index (χ2n) is 7.03. The van der Waals surface area contributed by atoms with E-state index in [1.807, 2.05) is 24.1 Å². The molecule has 1 aliphatic heterocycles. The molecule has 1 N–H and O–H groups in total. The van der Waals surface area contributed by atoms with Crippen LogP contribution in [0.25, 0.3) is 6.08 Å². The summed E-state index contributed by atoms with van der Waals surface area (Å²) >= 11 is 0. The van der Waals surface area contributed by atoms with Crippen LogP contribution >= 0.6 is 0 Å². The maximum absolute atomic E-state index is 12.1. The van der Waals surface area contributed by atoms with Crippen molar-refractivity contribution >= 4 is 17.9 Å². The maximum atomic E-state index is 12.1. The van der Waals surface area contributed by atoms with Crippen LogP contribution in [0.2, 0.25) is 0 Å². The first-order valence-electron chi connectivity index (χ1n) is 9.14. The van der Waals surface area contributed by atoms with E-state index in [0.29, 0.717) is 0 Å². The molecule has 0 spiro atoms. The molecule has 1 aromatic rings. The molecule has 5 nitrogen and oxygen atoms in total. The van der Waals surface area contributed by atoms with Crippen LogP contribution in [0.1, 0.15) is 36.3 Å². The third-order valence-corrected chi connectivity index (χ3v) is 5.21. The minimum absolute atomic E-state index is 0.0142. The van der Waals surface area contributed by atoms with Crippen LogP contribution in [0.15, 0.2) is 30.3 Å². The average molecular weight is 341 g/mol. The highest BCUT2D eigenvalue weighted by molar-refractivity contribution is 5.94. The number of likely N-dealkylation sites (N-methyl/N-ethyl adjacent to an activating group) is 1. The number of nitrogens with one attached hydrogen (secondary N) is 1. The number of carbonyl (C=O) groups excluding carboxylic acids is 2. The third kappa shape index (κ3) is 4.92. The molecule has 1 aliphatic carbocycles. The molecule has 2 aliphatic rings. The van der Waals surface area contributed by atoms with Gasteiger partial charge < -0.3 is 15.1 Å². The molecule has 134 valence electrons. The van der Waals surface area contributed by atoms with Gasteiger partial charge in [-0.05, 0) is 43.0 Å². The van der Waals surface area contributed by atoms with Crippen molar-refractivity contribution in [1.29, 1.82) is 0 Å². The van der Waals surface area contributed by atoms with Crippen LogP contribution in [0.3, 0.4) is 0 Å². The lowest BCUT2D eigenvalue weighted by atomic mass is 9.80. The average Bonchev–Trinajstić information content (AvgIpc) is 2.58. The van der Waals surface area contributed by atoms with Crippen LogP contribution in [-0.2, 0) is 9.59 Å². The van der Waals surface area contributed by atoms with E-state index >= 15 is 0 Å². The maximum Gasteiger partial charge on any atom is 0.244 e. The van der Waals surface area contributed by atoms with E-state index in [9.17, 15) is 9.59 Å². The van der Waals surface area contributed by atoms with Gasteiger partial charge in [0.25, 0.3) is 0 Å². The molecule has 0 radical (unpaired) electrons. The van der Waals surface area contributed by atoms with Crippen LogP contribution < -0.4 is 5.32 Å². The van der Waals surface area contributed by atoms with Crippen molar-refractivity contribution < 1.29 is 9.59 Å². The van der Waals surface area contributed by atoms with E-state index < -0.39 is 0 Å². The Kier molecular flexibility index (Phi) is 5.87. The second kappa shape index (κ2) is 8.30. The summed E-state index contributed by atoms with van der Waals surface area (Å²) < 4.78 is 0. The van der Waals surface area contributed by atoms with E-state index in [-0.39, 0.29) is 18.4 Å². The van der Waals surface area contributed by atoms with Gasteiger partial charge in [-0.25, -0.2) is 0 Å². The van der Waals surface area contributed by atoms with E-state index in [1.54, 1.807) is 6.08 Å². The normalized spacial score (nSPS) is 19.0. The number of hydrogen-bond donors (Lipinski definition) is 1. The summed E-state index contributed by atoms with van der Waals surface area (Å²) in [7, 11) is 2.05. The molecule has 25 heavy (non-hydrogen) atoms. The largest absolute Gasteiger partial charge is 0.343 e. The van der Waals surface area contributed by atoms with Gasteiger partial charge in [0.05, 0.1) is 6.54 Å². The van der Waals surface area contributed by atoms with Gasteiger partial charge in [0, 0.05) is 32.3 Å². The van der Waals surface area contributed by atoms with E-state index in [0.717, 1.165) is 37.7 Å². The summed E-state index contributed by atoms with van der Waals surface area (Å²) in [5.74, 6) is 0.479. The third-order valence-electron chi connectivity index (χ3n) is 5.21. The Morgan fingerprint density at radius 3 is 2.40 bits per heavy atom. The Morgan fingerprint density at radius 2 is 1.80 bits per heavy atom. The first-order valence-corrected chi connectivity index (χ1v) is 9.14. The van der Waals surface area contributed by atoms with Crippen molar-refractivity contribution in [2.24, 2.45) is 0 Å². The molecular weight excluding hydrogens is 314 g/mol. The van der Waals surface area contributed by atoms with Crippen molar-refractivity contribution in [3.8, 4) is 0 Å². The molecule has 1 aromatic carbocycles. The molecule has 0 aromatic heterocycles. The topological polar surface area (TPSA) is 52.6 Å². The Balaban J connectivity index is 1.42. The van der Waals surface area contributed by atoms with Crippen molar-refractivity contribution in [3.05, 3.63) is 41.5 Å². The number of hydrogen-bond acceptors (Lipinski definition) is 3. The van der Waals surface area contributed by atoms with Gasteiger partial charge in [0.2, 0.25) is 11.8 Å². The summed E-state index contributed by atoms with van der Waals surface area (Å²) in [6, 6.07) is 8.40. The minimum Gasteiger partial charge on any atom is -0.343 e. The second-order valence-corrected chi connectivity index (χ2v) is 7.03. The van der Waals surface area contributed by atoms with Gasteiger partial charge in [-0.1, -0.05) is 30.7 Å². The monoisotopic (exact) mass is 341 g/mol. The molecule has 2 amide bonds. The van der Waals surface area contributed by atoms with Crippen LogP contribution in [0, 0.1) is 0 Å². The van der Waals surface area contributed by atoms with Gasteiger partial charge in [-0.3, -0.25) is 9.59 Å². The Bertz CT molecular complexity index is 627. The van der Waals surface area contributed by atoms with Crippen LogP contribution in [-0.4, -0.2) is 61.4 Å². The molecule has 2 fully saturated rings. The lowest BCUT2D eigenvalue weighted by Gasteiger charge is -2.32. The number of carbonyl (C=O) groups is 2. The van der Waals surface area contributed by atoms with Crippen LogP contribution in [0.4, 0.5) is 0 Å². The summed E-state index contributed by atoms with van der Waals surface area (Å²) in [5.41, 5.74) is 2.40. The quantitative estimate of drug-likeness (QED) is 0.832. The summed E-state index contributed by atoms with van der Waals surface area (Å²) in [4.78, 5) is 28.0. The fourth-order valence-electron chi connectivity index (χ4n) is 3.18. The molecule has 1 saturated carbocycles. The minimum atomic E-state index is -0.231. The first kappa shape index (κ1) is 17.7. The summed E-state index contributed by atoms with van der Waals surface area (Å²) in [6.45, 7) is 3.29. The van der Waals surface area contributed by atoms with Gasteiger partial charge in [-0.2, -0.15) is 0 Å². The molecule has 5 heteroatoms. The standard InChI is InChI=1S/C20H27N3O2/c1-22-11-13-23(14-12-22)20(25)15-21-19(24)10-7-16-5-8-18(9-6-16)17-3-2-4-17/h5-10,17H,2-4,11-15H2,1H3,(H,21,24)/b10-7+. The summed E-state index contributed by atoms with van der Waals surface area (Å²) in [5, 5.41) is 2.68. The SMILES string of the molecule is CN1CCN(C(=O)CNC(=O)/C=C/c2ccc(C3CCC3)cc2)CC1. The Morgan fingerprint density at radius 1 is 1.12 bits per heavy atom. The van der Waals surface area contributed by atoms with E-state index in [2.05, 4.69) is 22.3 Å². The summed E-state index contributed by atoms with van der Waals surface area (Å²) in [6.07, 6.45) is 7.20. The predicted octanol–water partition coefficient (Wildman–Crippen LogP) is 1.86. The number of nitrogens with zero attached hydrogens (tertiary/aromatic N) is 2. The smallest absolute Gasteiger partial charge is 0.244 e. The number of rotatable bonds is 5. The molecule has 3 rings (SSSR count). The van der Waals surface area contributed by atoms with Gasteiger partial charge in [-0.15, -0.1) is 0 Å². The Hall–Kier alpha value is -2.14. The first-order chi connectivity index (χ1) is 12.1. The van der Waals surface area contributed by atoms with Crippen molar-refractivity contribution in [2.75, 3.05) is 39.8 Å². The Labute approximate surface area is 149 Å². The number of piperazine rings is 1. The van der Waals surface area contributed by atoms with Gasteiger partial charge in [0.1, 0.15) is 0 Å². The molecular formula is C20H27N3O2. The lowest BCUT2D eigenvalue weighted by Crippen LogP contribution is -2.49. The zero-order valence-corrected chi connectivity index (χ0v) is 14.9. The highest BCUT2D eigenvalue weighted by Gasteiger charge is 2.19. The lowest BCUT2D eigenvalue weighted by molar-refractivity contribution is -0.133. The highest BCUT2D eigenvalue weighted by Crippen LogP contribution is 2.36. The van der Waals surface area contributed by atoms with Crippen molar-refractivity contribution in [2.45, 2.75) is 25.2 Å². The molecule has 1 saturated heterocycles. The van der Waals surface area contributed by atoms with E-state index in [1.165, 1.54) is 30.9 Å².